The van der Waals surface area contributed by atoms with E-state index in [0.717, 1.165) is 17.4 Å². The summed E-state index contributed by atoms with van der Waals surface area (Å²) < 4.78 is 31.8. The van der Waals surface area contributed by atoms with Gasteiger partial charge in [-0.3, -0.25) is 0 Å². The number of furan rings is 1. The normalized spacial score (nSPS) is 10.6. The maximum atomic E-state index is 13.7. The van der Waals surface area contributed by atoms with Gasteiger partial charge < -0.3 is 4.42 Å². The van der Waals surface area contributed by atoms with Crippen LogP contribution in [0, 0.1) is 11.6 Å². The summed E-state index contributed by atoms with van der Waals surface area (Å²) in [4.78, 5) is 0. The monoisotopic (exact) mass is 256 g/mol. The molecule has 3 heteroatoms. The highest BCUT2D eigenvalue weighted by Crippen LogP contribution is 2.27. The molecule has 0 radical (unpaired) electrons. The molecule has 3 rings (SSSR count). The molecule has 0 amide bonds. The Kier molecular flexibility index (Phi) is 2.88. The van der Waals surface area contributed by atoms with Crippen molar-refractivity contribution in [1.82, 2.24) is 0 Å². The standard InChI is InChI=1S/C16H10F2O/c17-13-7-8-14(15(18)10-13)11-3-5-12(6-4-11)16-2-1-9-19-16/h1-10H. The summed E-state index contributed by atoms with van der Waals surface area (Å²) in [5.41, 5.74) is 2.00. The maximum Gasteiger partial charge on any atom is 0.133 e. The van der Waals surface area contributed by atoms with Gasteiger partial charge in [-0.2, -0.15) is 0 Å². The fourth-order valence-electron chi connectivity index (χ4n) is 1.98. The van der Waals surface area contributed by atoms with Gasteiger partial charge in [0.1, 0.15) is 17.4 Å². The van der Waals surface area contributed by atoms with Gasteiger partial charge in [0.05, 0.1) is 6.26 Å². The molecule has 1 nitrogen and oxygen atoms in total. The van der Waals surface area contributed by atoms with Crippen LogP contribution < -0.4 is 0 Å². The number of rotatable bonds is 2. The van der Waals surface area contributed by atoms with Crippen molar-refractivity contribution in [3.8, 4) is 22.5 Å². The Labute approximate surface area is 109 Å². The molecule has 0 saturated carbocycles. The van der Waals surface area contributed by atoms with Crippen molar-refractivity contribution in [1.29, 1.82) is 0 Å². The predicted octanol–water partition coefficient (Wildman–Crippen LogP) is 4.89. The predicted molar refractivity (Wildman–Crippen MR) is 69.5 cm³/mol. The van der Waals surface area contributed by atoms with E-state index >= 15 is 0 Å². The second-order valence-electron chi connectivity index (χ2n) is 4.18. The van der Waals surface area contributed by atoms with Gasteiger partial charge >= 0.3 is 0 Å². The summed E-state index contributed by atoms with van der Waals surface area (Å²) in [6.45, 7) is 0. The highest BCUT2D eigenvalue weighted by atomic mass is 19.1. The number of halogens is 2. The lowest BCUT2D eigenvalue weighted by atomic mass is 10.0. The van der Waals surface area contributed by atoms with Gasteiger partial charge in [0.15, 0.2) is 0 Å². The summed E-state index contributed by atoms with van der Waals surface area (Å²) >= 11 is 0. The van der Waals surface area contributed by atoms with Crippen LogP contribution in [-0.2, 0) is 0 Å². The van der Waals surface area contributed by atoms with Crippen LogP contribution in [-0.4, -0.2) is 0 Å². The number of hydrogen-bond donors (Lipinski definition) is 0. The van der Waals surface area contributed by atoms with Crippen LogP contribution in [0.5, 0.6) is 0 Å². The molecule has 0 bridgehead atoms. The third-order valence-corrected chi connectivity index (χ3v) is 2.93. The fourth-order valence-corrected chi connectivity index (χ4v) is 1.98. The van der Waals surface area contributed by atoms with Crippen LogP contribution in [0.4, 0.5) is 8.78 Å². The summed E-state index contributed by atoms with van der Waals surface area (Å²) in [7, 11) is 0. The first-order chi connectivity index (χ1) is 9.24. The van der Waals surface area contributed by atoms with E-state index in [4.69, 9.17) is 4.42 Å². The van der Waals surface area contributed by atoms with Crippen LogP contribution >= 0.6 is 0 Å². The van der Waals surface area contributed by atoms with E-state index in [0.29, 0.717) is 11.1 Å². The molecule has 0 unspecified atom stereocenters. The average molecular weight is 256 g/mol. The Balaban J connectivity index is 1.98. The molecule has 3 aromatic rings. The second kappa shape index (κ2) is 4.69. The van der Waals surface area contributed by atoms with Gasteiger partial charge in [0, 0.05) is 17.2 Å². The topological polar surface area (TPSA) is 13.1 Å². The smallest absolute Gasteiger partial charge is 0.133 e. The quantitative estimate of drug-likeness (QED) is 0.636. The molecule has 0 aliphatic heterocycles. The minimum Gasteiger partial charge on any atom is -0.464 e. The SMILES string of the molecule is Fc1ccc(-c2ccc(-c3ccco3)cc2)c(F)c1. The molecule has 0 spiro atoms. The largest absolute Gasteiger partial charge is 0.464 e. The molecule has 0 aliphatic carbocycles. The molecule has 19 heavy (non-hydrogen) atoms. The summed E-state index contributed by atoms with van der Waals surface area (Å²) in [5, 5.41) is 0. The zero-order valence-electron chi connectivity index (χ0n) is 9.94. The van der Waals surface area contributed by atoms with Crippen LogP contribution in [0.15, 0.2) is 65.3 Å². The molecule has 0 atom stereocenters. The molecule has 94 valence electrons. The van der Waals surface area contributed by atoms with Gasteiger partial charge in [-0.1, -0.05) is 24.3 Å². The minimum atomic E-state index is -0.576. The lowest BCUT2D eigenvalue weighted by molar-refractivity contribution is 0.582. The van der Waals surface area contributed by atoms with Gasteiger partial charge in [0.25, 0.3) is 0 Å². The first-order valence-electron chi connectivity index (χ1n) is 5.83. The Hall–Kier alpha value is -2.42. The van der Waals surface area contributed by atoms with E-state index < -0.39 is 11.6 Å². The van der Waals surface area contributed by atoms with E-state index in [1.54, 1.807) is 18.4 Å². The molecule has 0 aliphatic rings. The third-order valence-electron chi connectivity index (χ3n) is 2.93. The first kappa shape index (κ1) is 11.7. The van der Waals surface area contributed by atoms with Crippen molar-refractivity contribution in [2.24, 2.45) is 0 Å². The zero-order valence-corrected chi connectivity index (χ0v) is 9.94. The fraction of sp³-hybridized carbons (Fsp3) is 0. The summed E-state index contributed by atoms with van der Waals surface area (Å²) in [6.07, 6.45) is 1.60. The van der Waals surface area contributed by atoms with Crippen molar-refractivity contribution in [3.05, 3.63) is 72.5 Å². The van der Waals surface area contributed by atoms with Crippen LogP contribution in [0.3, 0.4) is 0 Å². The molecule has 0 saturated heterocycles. The molecule has 2 aromatic carbocycles. The van der Waals surface area contributed by atoms with Crippen LogP contribution in [0.1, 0.15) is 0 Å². The number of benzene rings is 2. The molecule has 1 heterocycles. The van der Waals surface area contributed by atoms with Crippen molar-refractivity contribution in [2.45, 2.75) is 0 Å². The molecule has 1 aromatic heterocycles. The molecule has 0 N–H and O–H groups in total. The highest BCUT2D eigenvalue weighted by molar-refractivity contribution is 5.68. The van der Waals surface area contributed by atoms with Gasteiger partial charge in [-0.05, 0) is 29.8 Å². The minimum absolute atomic E-state index is 0.382. The van der Waals surface area contributed by atoms with E-state index in [-0.39, 0.29) is 0 Å². The molecular weight excluding hydrogens is 246 g/mol. The van der Waals surface area contributed by atoms with Crippen LogP contribution in [0.25, 0.3) is 22.5 Å². The van der Waals surface area contributed by atoms with Crippen molar-refractivity contribution >= 4 is 0 Å². The van der Waals surface area contributed by atoms with Crippen molar-refractivity contribution < 1.29 is 13.2 Å². The Bertz CT molecular complexity index is 685. The Morgan fingerprint density at radius 3 is 2.16 bits per heavy atom. The Morgan fingerprint density at radius 2 is 1.53 bits per heavy atom. The Morgan fingerprint density at radius 1 is 0.789 bits per heavy atom. The van der Waals surface area contributed by atoms with E-state index in [2.05, 4.69) is 0 Å². The average Bonchev–Trinajstić information content (AvgIpc) is 2.93. The maximum absolute atomic E-state index is 13.7. The summed E-state index contributed by atoms with van der Waals surface area (Å²) in [6, 6.07) is 14.5. The van der Waals surface area contributed by atoms with Gasteiger partial charge in [-0.15, -0.1) is 0 Å². The second-order valence-corrected chi connectivity index (χ2v) is 4.18. The summed E-state index contributed by atoms with van der Waals surface area (Å²) in [5.74, 6) is -0.384. The first-order valence-corrected chi connectivity index (χ1v) is 5.83. The van der Waals surface area contributed by atoms with E-state index in [1.165, 1.54) is 12.1 Å². The van der Waals surface area contributed by atoms with Gasteiger partial charge in [0.2, 0.25) is 0 Å². The number of hydrogen-bond acceptors (Lipinski definition) is 1. The van der Waals surface area contributed by atoms with Crippen LogP contribution in [0.2, 0.25) is 0 Å². The molecule has 0 fully saturated rings. The van der Waals surface area contributed by atoms with Gasteiger partial charge in [-0.25, -0.2) is 8.78 Å². The van der Waals surface area contributed by atoms with Crippen molar-refractivity contribution in [2.75, 3.05) is 0 Å². The van der Waals surface area contributed by atoms with Crippen molar-refractivity contribution in [3.63, 3.8) is 0 Å². The zero-order chi connectivity index (χ0) is 13.2. The lowest BCUT2D eigenvalue weighted by Crippen LogP contribution is -1.86. The molecular formula is C16H10F2O. The van der Waals surface area contributed by atoms with E-state index in [1.807, 2.05) is 24.3 Å². The highest BCUT2D eigenvalue weighted by Gasteiger charge is 2.07. The van der Waals surface area contributed by atoms with E-state index in [9.17, 15) is 8.78 Å². The third kappa shape index (κ3) is 2.27. The lowest BCUT2D eigenvalue weighted by Gasteiger charge is -2.04.